The third-order valence-corrected chi connectivity index (χ3v) is 4.83. The number of hydrogen-bond donors (Lipinski definition) is 0. The maximum atomic E-state index is 6.01. The Hall–Kier alpha value is -1.01. The van der Waals surface area contributed by atoms with Gasteiger partial charge >= 0.3 is 0 Å². The normalized spacial score (nSPS) is 19.2. The van der Waals surface area contributed by atoms with E-state index in [9.17, 15) is 0 Å². The second kappa shape index (κ2) is 5.54. The van der Waals surface area contributed by atoms with Gasteiger partial charge in [0.05, 0.1) is 13.0 Å². The van der Waals surface area contributed by atoms with E-state index in [0.29, 0.717) is 23.2 Å². The van der Waals surface area contributed by atoms with Crippen molar-refractivity contribution in [3.05, 3.63) is 12.2 Å². The van der Waals surface area contributed by atoms with Gasteiger partial charge in [-0.3, -0.25) is 0 Å². The van der Waals surface area contributed by atoms with Crippen LogP contribution in [0.25, 0.3) is 11.2 Å². The molecule has 0 aromatic carbocycles. The highest BCUT2D eigenvalue weighted by molar-refractivity contribution is 7.99. The number of fused-ring (bicyclic) bond motifs is 1. The van der Waals surface area contributed by atoms with E-state index in [1.165, 1.54) is 24.3 Å². The Morgan fingerprint density at radius 3 is 3.11 bits per heavy atom. The smallest absolute Gasteiger partial charge is 0.245 e. The number of methoxy groups -OCH3 is 1. The van der Waals surface area contributed by atoms with Crippen molar-refractivity contribution in [1.29, 1.82) is 0 Å². The molecule has 0 bridgehead atoms. The molecule has 1 aliphatic rings. The Bertz CT molecular complexity index is 582. The summed E-state index contributed by atoms with van der Waals surface area (Å²) in [5.74, 6) is 4.84. The second-order valence-electron chi connectivity index (χ2n) is 4.56. The third kappa shape index (κ3) is 2.39. The van der Waals surface area contributed by atoms with E-state index < -0.39 is 0 Å². The zero-order valence-corrected chi connectivity index (χ0v) is 12.2. The summed E-state index contributed by atoms with van der Waals surface area (Å²) in [6, 6.07) is 0. The molecule has 5 nitrogen and oxygen atoms in total. The molecule has 0 N–H and O–H groups in total. The largest absolute Gasteiger partial charge is 0.479 e. The molecule has 7 heteroatoms. The van der Waals surface area contributed by atoms with E-state index in [4.69, 9.17) is 16.3 Å². The summed E-state index contributed by atoms with van der Waals surface area (Å²) in [4.78, 5) is 13.0. The minimum absolute atomic E-state index is 0.374. The van der Waals surface area contributed by atoms with Crippen LogP contribution in [0.2, 0.25) is 0 Å². The van der Waals surface area contributed by atoms with Crippen LogP contribution in [0.5, 0.6) is 5.88 Å². The number of nitrogens with zero attached hydrogens (tertiary/aromatic N) is 4. The van der Waals surface area contributed by atoms with Crippen molar-refractivity contribution in [2.24, 2.45) is 5.92 Å². The van der Waals surface area contributed by atoms with Crippen LogP contribution in [0, 0.1) is 5.92 Å². The van der Waals surface area contributed by atoms with Gasteiger partial charge in [0.25, 0.3) is 0 Å². The molecule has 0 spiro atoms. The highest BCUT2D eigenvalue weighted by Crippen LogP contribution is 2.28. The summed E-state index contributed by atoms with van der Waals surface area (Å²) < 4.78 is 7.35. The summed E-state index contributed by atoms with van der Waals surface area (Å²) in [7, 11) is 1.59. The van der Waals surface area contributed by atoms with Crippen LogP contribution in [0.15, 0.2) is 6.33 Å². The van der Waals surface area contributed by atoms with Gasteiger partial charge in [0.2, 0.25) is 5.88 Å². The monoisotopic (exact) mass is 298 g/mol. The maximum absolute atomic E-state index is 6.01. The van der Waals surface area contributed by atoms with Crippen LogP contribution in [-0.2, 0) is 12.4 Å². The van der Waals surface area contributed by atoms with Crippen molar-refractivity contribution in [2.45, 2.75) is 18.8 Å². The first-order chi connectivity index (χ1) is 9.33. The molecule has 102 valence electrons. The second-order valence-corrected chi connectivity index (χ2v) is 5.97. The molecule has 1 fully saturated rings. The van der Waals surface area contributed by atoms with E-state index in [1.807, 2.05) is 11.8 Å². The summed E-state index contributed by atoms with van der Waals surface area (Å²) >= 11 is 8.01. The number of halogens is 1. The third-order valence-electron chi connectivity index (χ3n) is 3.36. The Morgan fingerprint density at radius 2 is 2.42 bits per heavy atom. The fraction of sp³-hybridized carbons (Fsp3) is 0.583. The minimum Gasteiger partial charge on any atom is -0.479 e. The summed E-state index contributed by atoms with van der Waals surface area (Å²) in [5.41, 5.74) is 1.52. The van der Waals surface area contributed by atoms with Crippen LogP contribution in [0.1, 0.15) is 12.2 Å². The van der Waals surface area contributed by atoms with Crippen LogP contribution < -0.4 is 4.74 Å². The van der Waals surface area contributed by atoms with E-state index in [-0.39, 0.29) is 0 Å². The first-order valence-corrected chi connectivity index (χ1v) is 7.90. The van der Waals surface area contributed by atoms with Gasteiger partial charge in [-0.2, -0.15) is 16.7 Å². The van der Waals surface area contributed by atoms with E-state index >= 15 is 0 Å². The van der Waals surface area contributed by atoms with Gasteiger partial charge in [-0.1, -0.05) is 0 Å². The molecule has 2 aromatic heterocycles. The van der Waals surface area contributed by atoms with Crippen molar-refractivity contribution in [3.63, 3.8) is 0 Å². The topological polar surface area (TPSA) is 52.8 Å². The van der Waals surface area contributed by atoms with Gasteiger partial charge in [-0.25, -0.2) is 9.97 Å². The molecule has 1 saturated heterocycles. The number of alkyl halides is 1. The predicted octanol–water partition coefficient (Wildman–Crippen LogP) is 2.33. The van der Waals surface area contributed by atoms with E-state index in [1.54, 1.807) is 7.11 Å². The van der Waals surface area contributed by atoms with E-state index in [2.05, 4.69) is 19.5 Å². The Kier molecular flexibility index (Phi) is 3.79. The molecular weight excluding hydrogens is 284 g/mol. The van der Waals surface area contributed by atoms with Crippen molar-refractivity contribution >= 4 is 34.5 Å². The lowest BCUT2D eigenvalue weighted by Gasteiger charge is -2.12. The minimum atomic E-state index is 0.374. The van der Waals surface area contributed by atoms with Crippen molar-refractivity contribution in [3.8, 4) is 5.88 Å². The van der Waals surface area contributed by atoms with Gasteiger partial charge in [-0.05, 0) is 23.8 Å². The lowest BCUT2D eigenvalue weighted by atomic mass is 10.1. The molecule has 3 heterocycles. The molecule has 0 saturated carbocycles. The average Bonchev–Trinajstić information content (AvgIpc) is 3.07. The quantitative estimate of drug-likeness (QED) is 0.811. The fourth-order valence-electron chi connectivity index (χ4n) is 2.39. The Morgan fingerprint density at radius 1 is 1.53 bits per heavy atom. The fourth-order valence-corrected chi connectivity index (χ4v) is 3.87. The highest BCUT2D eigenvalue weighted by atomic mass is 35.5. The molecular formula is C12H15ClN4OS. The zero-order valence-electron chi connectivity index (χ0n) is 10.7. The zero-order chi connectivity index (χ0) is 13.2. The lowest BCUT2D eigenvalue weighted by molar-refractivity contribution is 0.401. The predicted molar refractivity (Wildman–Crippen MR) is 76.9 cm³/mol. The van der Waals surface area contributed by atoms with Crippen molar-refractivity contribution < 1.29 is 4.74 Å². The van der Waals surface area contributed by atoms with Crippen LogP contribution in [-0.4, -0.2) is 38.1 Å². The number of imidazole rings is 1. The molecule has 0 amide bonds. The summed E-state index contributed by atoms with van der Waals surface area (Å²) in [5, 5.41) is 0. The molecule has 0 aliphatic carbocycles. The SMILES string of the molecule is COc1ncnc2c1nc(CCl)n2CC1CCSC1. The number of aromatic nitrogens is 4. The Labute approximate surface area is 120 Å². The molecule has 3 rings (SSSR count). The first-order valence-electron chi connectivity index (χ1n) is 6.21. The van der Waals surface area contributed by atoms with Gasteiger partial charge in [0.1, 0.15) is 12.2 Å². The number of ether oxygens (including phenoxy) is 1. The van der Waals surface area contributed by atoms with Gasteiger partial charge in [0, 0.05) is 6.54 Å². The summed E-state index contributed by atoms with van der Waals surface area (Å²) in [6.45, 7) is 0.922. The highest BCUT2D eigenvalue weighted by Gasteiger charge is 2.21. The van der Waals surface area contributed by atoms with E-state index in [0.717, 1.165) is 18.0 Å². The maximum Gasteiger partial charge on any atom is 0.245 e. The van der Waals surface area contributed by atoms with Crippen LogP contribution in [0.4, 0.5) is 0 Å². The van der Waals surface area contributed by atoms with Gasteiger partial charge in [-0.15, -0.1) is 11.6 Å². The van der Waals surface area contributed by atoms with Gasteiger partial charge in [0.15, 0.2) is 11.2 Å². The number of rotatable bonds is 4. The number of hydrogen-bond acceptors (Lipinski definition) is 5. The standard InChI is InChI=1S/C12H15ClN4OS/c1-18-12-10-11(14-7-15-12)17(9(4-13)16-10)5-8-2-3-19-6-8/h7-8H,2-6H2,1H3. The molecule has 2 aromatic rings. The van der Waals surface area contributed by atoms with Gasteiger partial charge < -0.3 is 9.30 Å². The molecule has 19 heavy (non-hydrogen) atoms. The average molecular weight is 299 g/mol. The summed E-state index contributed by atoms with van der Waals surface area (Å²) in [6.07, 6.45) is 2.76. The molecule has 1 aliphatic heterocycles. The van der Waals surface area contributed by atoms with Crippen LogP contribution in [0.3, 0.4) is 0 Å². The van der Waals surface area contributed by atoms with Crippen molar-refractivity contribution in [1.82, 2.24) is 19.5 Å². The van der Waals surface area contributed by atoms with Crippen molar-refractivity contribution in [2.75, 3.05) is 18.6 Å². The molecule has 0 radical (unpaired) electrons. The lowest BCUT2D eigenvalue weighted by Crippen LogP contribution is -2.12. The first kappa shape index (κ1) is 13.0. The number of thioether (sulfide) groups is 1. The molecule has 1 atom stereocenters. The van der Waals surface area contributed by atoms with Crippen LogP contribution >= 0.6 is 23.4 Å². The molecule has 1 unspecified atom stereocenters. The Balaban J connectivity index is 2.05.